The van der Waals surface area contributed by atoms with Gasteiger partial charge in [-0.1, -0.05) is 19.9 Å². The lowest BCUT2D eigenvalue weighted by atomic mass is 10.0. The zero-order valence-electron chi connectivity index (χ0n) is 14.1. The Bertz CT molecular complexity index is 858. The fourth-order valence-electron chi connectivity index (χ4n) is 2.43. The summed E-state index contributed by atoms with van der Waals surface area (Å²) in [6.07, 6.45) is 6.15. The largest absolute Gasteiger partial charge is 0.489 e. The first-order valence-corrected chi connectivity index (χ1v) is 9.15. The molecule has 0 amide bonds. The Morgan fingerprint density at radius 2 is 2.08 bits per heavy atom. The van der Waals surface area contributed by atoms with E-state index in [-0.39, 0.29) is 0 Å². The van der Waals surface area contributed by atoms with Crippen LogP contribution >= 0.6 is 11.5 Å². The molecule has 4 rings (SSSR count). The molecule has 7 heteroatoms. The lowest BCUT2D eigenvalue weighted by molar-refractivity contribution is 0.302. The molecule has 0 aromatic carbocycles. The van der Waals surface area contributed by atoms with Crippen LogP contribution in [0.2, 0.25) is 0 Å². The van der Waals surface area contributed by atoms with Gasteiger partial charge in [-0.25, -0.2) is 9.97 Å². The molecule has 3 aromatic rings. The summed E-state index contributed by atoms with van der Waals surface area (Å²) in [6.45, 7) is 4.28. The van der Waals surface area contributed by atoms with E-state index >= 15 is 0 Å². The number of ether oxygens (including phenoxy) is 1. The molecule has 1 aliphatic rings. The van der Waals surface area contributed by atoms with E-state index in [0.29, 0.717) is 23.0 Å². The van der Waals surface area contributed by atoms with Gasteiger partial charge in [0.2, 0.25) is 5.13 Å². The van der Waals surface area contributed by atoms with Crippen LogP contribution in [0.15, 0.2) is 36.7 Å². The van der Waals surface area contributed by atoms with Crippen LogP contribution < -0.4 is 10.1 Å². The summed E-state index contributed by atoms with van der Waals surface area (Å²) in [7, 11) is 0. The summed E-state index contributed by atoms with van der Waals surface area (Å²) >= 11 is 1.30. The third-order valence-corrected chi connectivity index (χ3v) is 4.54. The van der Waals surface area contributed by atoms with Crippen LogP contribution in [0, 0.1) is 0 Å². The Morgan fingerprint density at radius 1 is 1.20 bits per heavy atom. The van der Waals surface area contributed by atoms with Crippen LogP contribution in [0.25, 0.3) is 11.5 Å². The van der Waals surface area contributed by atoms with Crippen molar-refractivity contribution in [2.24, 2.45) is 0 Å². The van der Waals surface area contributed by atoms with E-state index in [4.69, 9.17) is 4.74 Å². The maximum Gasteiger partial charge on any atom is 0.208 e. The van der Waals surface area contributed by atoms with Gasteiger partial charge in [-0.2, -0.15) is 9.36 Å². The van der Waals surface area contributed by atoms with Crippen molar-refractivity contribution < 1.29 is 4.74 Å². The molecule has 1 fully saturated rings. The minimum atomic E-state index is 0.370. The molecule has 0 unspecified atom stereocenters. The van der Waals surface area contributed by atoms with Crippen molar-refractivity contribution in [1.82, 2.24) is 19.3 Å². The van der Waals surface area contributed by atoms with Crippen LogP contribution in [-0.4, -0.2) is 25.4 Å². The monoisotopic (exact) mass is 353 g/mol. The van der Waals surface area contributed by atoms with E-state index in [1.165, 1.54) is 11.5 Å². The average Bonchev–Trinajstić information content (AvgIpc) is 3.31. The molecule has 3 heterocycles. The molecule has 1 aliphatic carbocycles. The van der Waals surface area contributed by atoms with Crippen molar-refractivity contribution >= 4 is 22.5 Å². The molecule has 0 spiro atoms. The van der Waals surface area contributed by atoms with E-state index in [9.17, 15) is 0 Å². The third-order valence-electron chi connectivity index (χ3n) is 3.90. The molecule has 3 aromatic heterocycles. The van der Waals surface area contributed by atoms with Crippen molar-refractivity contribution in [2.45, 2.75) is 38.7 Å². The molecule has 0 bridgehead atoms. The summed E-state index contributed by atoms with van der Waals surface area (Å²) in [5.74, 6) is 2.60. The molecular formula is C18H19N5OS. The van der Waals surface area contributed by atoms with Gasteiger partial charge in [0.1, 0.15) is 17.3 Å². The van der Waals surface area contributed by atoms with Gasteiger partial charge in [-0.3, -0.25) is 0 Å². The highest BCUT2D eigenvalue weighted by Crippen LogP contribution is 2.29. The minimum absolute atomic E-state index is 0.370. The Labute approximate surface area is 150 Å². The molecule has 6 nitrogen and oxygen atoms in total. The lowest BCUT2D eigenvalue weighted by Gasteiger charge is -2.10. The second-order valence-corrected chi connectivity index (χ2v) is 7.09. The number of hydrogen-bond donors (Lipinski definition) is 1. The van der Waals surface area contributed by atoms with Crippen molar-refractivity contribution in [3.05, 3.63) is 42.2 Å². The van der Waals surface area contributed by atoms with Crippen molar-refractivity contribution in [1.29, 1.82) is 0 Å². The van der Waals surface area contributed by atoms with Gasteiger partial charge >= 0.3 is 0 Å². The summed E-state index contributed by atoms with van der Waals surface area (Å²) in [4.78, 5) is 13.4. The summed E-state index contributed by atoms with van der Waals surface area (Å²) in [5.41, 5.74) is 1.89. The first-order valence-electron chi connectivity index (χ1n) is 8.38. The quantitative estimate of drug-likeness (QED) is 0.708. The summed E-state index contributed by atoms with van der Waals surface area (Å²) in [6, 6.07) is 7.83. The molecular weight excluding hydrogens is 334 g/mol. The highest BCUT2D eigenvalue weighted by molar-refractivity contribution is 7.09. The van der Waals surface area contributed by atoms with Gasteiger partial charge in [0.05, 0.1) is 12.3 Å². The number of aromatic nitrogens is 4. The van der Waals surface area contributed by atoms with Gasteiger partial charge in [-0.15, -0.1) is 0 Å². The SMILES string of the molecule is CC(C)c1cccnc1Nc1nc(-c2ccc(OC3CC3)cn2)ns1. The van der Waals surface area contributed by atoms with E-state index in [1.54, 1.807) is 12.4 Å². The van der Waals surface area contributed by atoms with Crippen molar-refractivity contribution in [3.63, 3.8) is 0 Å². The van der Waals surface area contributed by atoms with Crippen LogP contribution in [0.4, 0.5) is 10.9 Å². The van der Waals surface area contributed by atoms with Gasteiger partial charge in [-0.05, 0) is 42.5 Å². The maximum atomic E-state index is 5.71. The number of anilines is 2. The Balaban J connectivity index is 1.50. The molecule has 1 saturated carbocycles. The van der Waals surface area contributed by atoms with Crippen LogP contribution in [-0.2, 0) is 0 Å². The predicted molar refractivity (Wildman–Crippen MR) is 98.4 cm³/mol. The second kappa shape index (κ2) is 6.76. The fourth-order valence-corrected chi connectivity index (χ4v) is 3.01. The Kier molecular flexibility index (Phi) is 4.31. The number of hydrogen-bond acceptors (Lipinski definition) is 7. The van der Waals surface area contributed by atoms with E-state index in [2.05, 4.69) is 44.6 Å². The Morgan fingerprint density at radius 3 is 2.80 bits per heavy atom. The number of pyridine rings is 2. The molecule has 1 N–H and O–H groups in total. The number of rotatable bonds is 6. The standard InChI is InChI=1S/C18H19N5OS/c1-11(2)14-4-3-9-19-16(14)21-18-22-17(23-25-18)15-8-7-13(10-20-15)24-12-5-6-12/h3-4,7-12H,5-6H2,1-2H3,(H,19,21,22,23). The molecule has 0 radical (unpaired) electrons. The highest BCUT2D eigenvalue weighted by atomic mass is 32.1. The van der Waals surface area contributed by atoms with Crippen molar-refractivity contribution in [2.75, 3.05) is 5.32 Å². The predicted octanol–water partition coefficient (Wildman–Crippen LogP) is 4.40. The van der Waals surface area contributed by atoms with Crippen LogP contribution in [0.1, 0.15) is 38.2 Å². The van der Waals surface area contributed by atoms with Crippen molar-refractivity contribution in [3.8, 4) is 17.3 Å². The van der Waals surface area contributed by atoms with E-state index < -0.39 is 0 Å². The molecule has 25 heavy (non-hydrogen) atoms. The maximum absolute atomic E-state index is 5.71. The van der Waals surface area contributed by atoms with E-state index in [0.717, 1.165) is 35.7 Å². The summed E-state index contributed by atoms with van der Waals surface area (Å²) < 4.78 is 10.1. The van der Waals surface area contributed by atoms with Gasteiger partial charge in [0.25, 0.3) is 0 Å². The molecule has 0 saturated heterocycles. The van der Waals surface area contributed by atoms with Gasteiger partial charge in [0, 0.05) is 17.7 Å². The normalized spacial score (nSPS) is 13.9. The fraction of sp³-hybridized carbons (Fsp3) is 0.333. The summed E-state index contributed by atoms with van der Waals surface area (Å²) in [5, 5.41) is 3.98. The first-order chi connectivity index (χ1) is 12.2. The van der Waals surface area contributed by atoms with Gasteiger partial charge < -0.3 is 10.1 Å². The molecule has 0 aliphatic heterocycles. The number of nitrogens with zero attached hydrogens (tertiary/aromatic N) is 4. The van der Waals surface area contributed by atoms with E-state index in [1.807, 2.05) is 18.2 Å². The number of nitrogens with one attached hydrogen (secondary N) is 1. The Hall–Kier alpha value is -2.54. The third kappa shape index (κ3) is 3.76. The second-order valence-electron chi connectivity index (χ2n) is 6.34. The minimum Gasteiger partial charge on any atom is -0.489 e. The van der Waals surface area contributed by atoms with Gasteiger partial charge in [0.15, 0.2) is 5.82 Å². The van der Waals surface area contributed by atoms with Crippen LogP contribution in [0.3, 0.4) is 0 Å². The highest BCUT2D eigenvalue weighted by Gasteiger charge is 2.23. The molecule has 128 valence electrons. The first kappa shape index (κ1) is 16.0. The van der Waals surface area contributed by atoms with Crippen LogP contribution in [0.5, 0.6) is 5.75 Å². The zero-order chi connectivity index (χ0) is 17.2. The average molecular weight is 353 g/mol. The molecule has 0 atom stereocenters. The zero-order valence-corrected chi connectivity index (χ0v) is 15.0. The topological polar surface area (TPSA) is 72.8 Å². The lowest BCUT2D eigenvalue weighted by Crippen LogP contribution is -2.00. The smallest absolute Gasteiger partial charge is 0.208 e.